The van der Waals surface area contributed by atoms with E-state index in [1.54, 1.807) is 0 Å². The predicted molar refractivity (Wildman–Crippen MR) is 40.6 cm³/mol. The van der Waals surface area contributed by atoms with Crippen molar-refractivity contribution in [3.05, 3.63) is 5.69 Å². The second-order valence-electron chi connectivity index (χ2n) is 2.10. The quantitative estimate of drug-likeness (QED) is 0.418. The number of aromatic nitrogens is 4. The Morgan fingerprint density at radius 2 is 2.00 bits per heavy atom. The van der Waals surface area contributed by atoms with Crippen molar-refractivity contribution in [2.45, 2.75) is 0 Å². The fraction of sp³-hybridized carbons (Fsp3) is 0. The molecule has 0 aliphatic carbocycles. The molecule has 0 saturated heterocycles. The third-order valence-corrected chi connectivity index (χ3v) is 1.38. The van der Waals surface area contributed by atoms with Crippen LogP contribution in [-0.2, 0) is 0 Å². The van der Waals surface area contributed by atoms with Crippen LogP contribution in [0.25, 0.3) is 0 Å². The highest BCUT2D eigenvalue weighted by Crippen LogP contribution is 2.18. The maximum Gasteiger partial charge on any atom is 0.208 e. The molecule has 0 fully saturated rings. The van der Waals surface area contributed by atoms with Gasteiger partial charge >= 0.3 is 0 Å². The largest absolute Gasteiger partial charge is 0.382 e. The molecule has 3 N–H and O–H groups in total. The van der Waals surface area contributed by atoms with Gasteiger partial charge in [0.25, 0.3) is 0 Å². The molecule has 0 unspecified atom stereocenters. The van der Waals surface area contributed by atoms with Crippen molar-refractivity contribution in [3.8, 4) is 0 Å². The topological polar surface area (TPSA) is 139 Å². The minimum atomic E-state index is 0.112. The zero-order chi connectivity index (χ0) is 9.26. The van der Waals surface area contributed by atoms with E-state index in [2.05, 4.69) is 35.9 Å². The molecule has 2 rings (SSSR count). The van der Waals surface area contributed by atoms with Crippen LogP contribution in [0.2, 0.25) is 0 Å². The molecule has 0 atom stereocenters. The number of amidine groups is 1. The monoisotopic (exact) mass is 177 g/mol. The maximum absolute atomic E-state index is 6.54. The summed E-state index contributed by atoms with van der Waals surface area (Å²) < 4.78 is 0. The summed E-state index contributed by atoms with van der Waals surface area (Å²) in [5, 5.41) is 20.0. The first-order valence-corrected chi connectivity index (χ1v) is 3.18. The van der Waals surface area contributed by atoms with Crippen molar-refractivity contribution in [2.24, 2.45) is 21.1 Å². The Hall–Kier alpha value is -2.32. The molecule has 1 aliphatic heterocycles. The minimum absolute atomic E-state index is 0.112. The van der Waals surface area contributed by atoms with Gasteiger partial charge in [0.05, 0.1) is 0 Å². The van der Waals surface area contributed by atoms with E-state index in [1.165, 1.54) is 0 Å². The van der Waals surface area contributed by atoms with Crippen LogP contribution in [0.5, 0.6) is 0 Å². The summed E-state index contributed by atoms with van der Waals surface area (Å²) in [6.45, 7) is 0. The highest BCUT2D eigenvalue weighted by Gasteiger charge is 2.24. The third kappa shape index (κ3) is 1.02. The average Bonchev–Trinajstić information content (AvgIpc) is 2.44. The Balaban J connectivity index is 2.61. The highest BCUT2D eigenvalue weighted by atomic mass is 15.4. The molecule has 9 heteroatoms. The number of nitrogens with two attached hydrogens (primary N) is 1. The van der Waals surface area contributed by atoms with Crippen molar-refractivity contribution < 1.29 is 0 Å². The molecule has 0 spiro atoms. The molecule has 2 heterocycles. The van der Waals surface area contributed by atoms with Gasteiger partial charge in [-0.25, -0.2) is 4.99 Å². The number of aliphatic imine (C=N–C) groups is 1. The van der Waals surface area contributed by atoms with Gasteiger partial charge in [-0.1, -0.05) is 5.22 Å². The lowest BCUT2D eigenvalue weighted by Gasteiger charge is -1.91. The first-order chi connectivity index (χ1) is 6.33. The maximum atomic E-state index is 6.54. The second-order valence-corrected chi connectivity index (χ2v) is 2.10. The summed E-state index contributed by atoms with van der Waals surface area (Å²) >= 11 is 0. The van der Waals surface area contributed by atoms with Crippen LogP contribution >= 0.6 is 0 Å². The Bertz CT molecular complexity index is 417. The number of nitrogens with one attached hydrogen (secondary N) is 1. The molecular weight excluding hydrogens is 174 g/mol. The van der Waals surface area contributed by atoms with Crippen LogP contribution in [-0.4, -0.2) is 32.2 Å². The molecule has 64 valence electrons. The van der Waals surface area contributed by atoms with Crippen LogP contribution in [0.15, 0.2) is 15.3 Å². The highest BCUT2D eigenvalue weighted by molar-refractivity contribution is 6.50. The first-order valence-electron chi connectivity index (χ1n) is 3.18. The standard InChI is InChI=1S/C4H3N9/c5-3-1(8-11-6)2-4(7-3)10-13-12-9-2/h(H3,5,6,7,8,10,12). The lowest BCUT2D eigenvalue weighted by Crippen LogP contribution is -2.21. The SMILES string of the molecule is N=N/N=C1\C(N)=Nc2nnnnc21. The first kappa shape index (κ1) is 7.34. The van der Waals surface area contributed by atoms with Gasteiger partial charge in [0.15, 0.2) is 17.2 Å². The smallest absolute Gasteiger partial charge is 0.208 e. The van der Waals surface area contributed by atoms with E-state index in [1.807, 2.05) is 0 Å². The van der Waals surface area contributed by atoms with E-state index in [0.717, 1.165) is 0 Å². The second kappa shape index (κ2) is 2.62. The summed E-state index contributed by atoms with van der Waals surface area (Å²) in [6.07, 6.45) is 0. The number of rotatable bonds is 1. The van der Waals surface area contributed by atoms with Crippen molar-refractivity contribution in [1.82, 2.24) is 20.6 Å². The van der Waals surface area contributed by atoms with Crippen LogP contribution in [0.1, 0.15) is 5.69 Å². The van der Waals surface area contributed by atoms with E-state index in [4.69, 9.17) is 11.3 Å². The van der Waals surface area contributed by atoms with Crippen LogP contribution in [0, 0.1) is 5.53 Å². The summed E-state index contributed by atoms with van der Waals surface area (Å²) in [6, 6.07) is 0. The van der Waals surface area contributed by atoms with Gasteiger partial charge in [0.2, 0.25) is 5.82 Å². The van der Waals surface area contributed by atoms with Crippen molar-refractivity contribution in [2.75, 3.05) is 0 Å². The molecule has 0 aromatic carbocycles. The lowest BCUT2D eigenvalue weighted by atomic mass is 10.3. The van der Waals surface area contributed by atoms with Gasteiger partial charge in [-0.2, -0.15) is 5.53 Å². The normalized spacial score (nSPS) is 16.9. The molecule has 1 aromatic heterocycles. The van der Waals surface area contributed by atoms with Gasteiger partial charge in [-0.3, -0.25) is 0 Å². The molecular formula is C4H3N9. The van der Waals surface area contributed by atoms with Crippen molar-refractivity contribution >= 4 is 17.4 Å². The summed E-state index contributed by atoms with van der Waals surface area (Å²) in [7, 11) is 0. The Morgan fingerprint density at radius 1 is 1.23 bits per heavy atom. The number of nitrogens with zero attached hydrogens (tertiary/aromatic N) is 7. The van der Waals surface area contributed by atoms with Gasteiger partial charge in [0, 0.05) is 0 Å². The Labute approximate surface area is 71.3 Å². The van der Waals surface area contributed by atoms with Crippen molar-refractivity contribution in [1.29, 1.82) is 5.53 Å². The van der Waals surface area contributed by atoms with E-state index in [9.17, 15) is 0 Å². The van der Waals surface area contributed by atoms with Gasteiger partial charge in [-0.05, 0) is 10.4 Å². The van der Waals surface area contributed by atoms with Crippen molar-refractivity contribution in [3.63, 3.8) is 0 Å². The molecule has 0 radical (unpaired) electrons. The Morgan fingerprint density at radius 3 is 2.77 bits per heavy atom. The molecule has 1 aliphatic rings. The van der Waals surface area contributed by atoms with E-state index in [0.29, 0.717) is 5.69 Å². The lowest BCUT2D eigenvalue weighted by molar-refractivity contribution is 0.761. The number of hydrogen-bond acceptors (Lipinski definition) is 8. The van der Waals surface area contributed by atoms with Gasteiger partial charge < -0.3 is 5.73 Å². The fourth-order valence-corrected chi connectivity index (χ4v) is 0.885. The fourth-order valence-electron chi connectivity index (χ4n) is 0.885. The van der Waals surface area contributed by atoms with E-state index >= 15 is 0 Å². The van der Waals surface area contributed by atoms with Crippen LogP contribution < -0.4 is 5.73 Å². The number of fused-ring (bicyclic) bond motifs is 1. The van der Waals surface area contributed by atoms with E-state index < -0.39 is 0 Å². The third-order valence-electron chi connectivity index (χ3n) is 1.38. The Kier molecular flexibility index (Phi) is 1.48. The summed E-state index contributed by atoms with van der Waals surface area (Å²) in [4.78, 5) is 3.80. The summed E-state index contributed by atoms with van der Waals surface area (Å²) in [5.74, 6) is 0.357. The summed E-state index contributed by atoms with van der Waals surface area (Å²) in [5.41, 5.74) is 12.5. The average molecular weight is 177 g/mol. The van der Waals surface area contributed by atoms with Gasteiger partial charge in [-0.15, -0.1) is 15.3 Å². The zero-order valence-corrected chi connectivity index (χ0v) is 6.21. The molecule has 0 saturated carbocycles. The minimum Gasteiger partial charge on any atom is -0.382 e. The number of hydrogen-bond donors (Lipinski definition) is 2. The predicted octanol–water partition coefficient (Wildman–Crippen LogP) is -0.996. The zero-order valence-electron chi connectivity index (χ0n) is 6.21. The molecule has 1 aromatic rings. The van der Waals surface area contributed by atoms with E-state index in [-0.39, 0.29) is 17.4 Å². The molecule has 0 bridgehead atoms. The van der Waals surface area contributed by atoms with Crippen LogP contribution in [0.4, 0.5) is 5.82 Å². The molecule has 13 heavy (non-hydrogen) atoms. The molecule has 0 amide bonds. The van der Waals surface area contributed by atoms with Gasteiger partial charge in [0.1, 0.15) is 0 Å². The van der Waals surface area contributed by atoms with Crippen LogP contribution in [0.3, 0.4) is 0 Å². The molecule has 9 nitrogen and oxygen atoms in total.